The van der Waals surface area contributed by atoms with Crippen molar-refractivity contribution in [2.24, 2.45) is 0 Å². The summed E-state index contributed by atoms with van der Waals surface area (Å²) in [4.78, 5) is 25.2. The molecule has 0 saturated heterocycles. The zero-order valence-corrected chi connectivity index (χ0v) is 11.4. The maximum absolute atomic E-state index is 11.9. The van der Waals surface area contributed by atoms with Crippen molar-refractivity contribution < 1.29 is 14.3 Å². The van der Waals surface area contributed by atoms with E-state index in [0.29, 0.717) is 18.7 Å². The summed E-state index contributed by atoms with van der Waals surface area (Å²) < 4.78 is 5.26. The molecule has 0 N–H and O–H groups in total. The summed E-state index contributed by atoms with van der Waals surface area (Å²) >= 11 is 0. The molecule has 0 spiro atoms. The largest absolute Gasteiger partial charge is 0.415 e. The second-order valence-electron chi connectivity index (χ2n) is 3.74. The highest BCUT2D eigenvalue weighted by Gasteiger charge is 2.16. The Hall–Kier alpha value is -2.28. The average molecular weight is 259 g/mol. The van der Waals surface area contributed by atoms with Crippen LogP contribution in [0.5, 0.6) is 5.75 Å². The van der Waals surface area contributed by atoms with Crippen molar-refractivity contribution in [2.75, 3.05) is 13.1 Å². The lowest BCUT2D eigenvalue weighted by molar-refractivity contribution is 0.105. The Morgan fingerprint density at radius 2 is 1.84 bits per heavy atom. The number of para-hydroxylation sites is 1. The second-order valence-corrected chi connectivity index (χ2v) is 3.74. The van der Waals surface area contributed by atoms with Gasteiger partial charge in [0.15, 0.2) is 0 Å². The molecule has 100 valence electrons. The van der Waals surface area contributed by atoms with Gasteiger partial charge in [-0.05, 0) is 38.8 Å². The van der Waals surface area contributed by atoms with E-state index in [4.69, 9.17) is 4.74 Å². The number of Topliss-reactive ketones (excluding diaryl/α,β-unsaturated/α-hetero) is 1. The molecule has 4 heteroatoms. The van der Waals surface area contributed by atoms with E-state index in [2.05, 4.69) is 11.8 Å². The van der Waals surface area contributed by atoms with E-state index in [9.17, 15) is 9.59 Å². The van der Waals surface area contributed by atoms with Crippen LogP contribution < -0.4 is 4.74 Å². The van der Waals surface area contributed by atoms with Crippen LogP contribution in [0.25, 0.3) is 0 Å². The van der Waals surface area contributed by atoms with Crippen LogP contribution in [0.3, 0.4) is 0 Å². The minimum Gasteiger partial charge on any atom is -0.409 e. The van der Waals surface area contributed by atoms with Crippen LogP contribution in [0.1, 0.15) is 31.1 Å². The summed E-state index contributed by atoms with van der Waals surface area (Å²) in [5, 5.41) is 0. The van der Waals surface area contributed by atoms with E-state index in [1.807, 2.05) is 13.8 Å². The first kappa shape index (κ1) is 14.8. The van der Waals surface area contributed by atoms with Crippen LogP contribution in [0.2, 0.25) is 0 Å². The molecule has 0 aliphatic rings. The van der Waals surface area contributed by atoms with Crippen LogP contribution >= 0.6 is 0 Å². The zero-order chi connectivity index (χ0) is 14.3. The fourth-order valence-electron chi connectivity index (χ4n) is 1.56. The van der Waals surface area contributed by atoms with Gasteiger partial charge in [0.25, 0.3) is 0 Å². The van der Waals surface area contributed by atoms with Crippen molar-refractivity contribution in [3.63, 3.8) is 0 Å². The molecule has 0 aromatic heterocycles. The number of benzene rings is 1. The van der Waals surface area contributed by atoms with Gasteiger partial charge in [-0.15, -0.1) is 0 Å². The van der Waals surface area contributed by atoms with E-state index >= 15 is 0 Å². The highest BCUT2D eigenvalue weighted by molar-refractivity contribution is 6.11. The minimum atomic E-state index is -0.463. The molecule has 0 fully saturated rings. The third kappa shape index (κ3) is 3.85. The maximum Gasteiger partial charge on any atom is 0.415 e. The molecule has 4 nitrogen and oxygen atoms in total. The number of carbonyl (C=O) groups is 2. The van der Waals surface area contributed by atoms with E-state index in [-0.39, 0.29) is 11.5 Å². The first-order valence-corrected chi connectivity index (χ1v) is 6.16. The number of ketones is 1. The van der Waals surface area contributed by atoms with E-state index in [1.54, 1.807) is 31.2 Å². The summed E-state index contributed by atoms with van der Waals surface area (Å²) in [7, 11) is 0. The van der Waals surface area contributed by atoms with Crippen LogP contribution in [-0.2, 0) is 0 Å². The summed E-state index contributed by atoms with van der Waals surface area (Å²) in [6, 6.07) is 6.60. The van der Waals surface area contributed by atoms with Crippen LogP contribution in [0, 0.1) is 11.8 Å². The van der Waals surface area contributed by atoms with Crippen molar-refractivity contribution in [3.05, 3.63) is 29.8 Å². The van der Waals surface area contributed by atoms with Crippen LogP contribution in [0.15, 0.2) is 24.3 Å². The number of amides is 1. The molecule has 1 aromatic rings. The van der Waals surface area contributed by atoms with Gasteiger partial charge in [-0.3, -0.25) is 4.79 Å². The zero-order valence-electron chi connectivity index (χ0n) is 11.4. The molecule has 0 aliphatic carbocycles. The predicted molar refractivity (Wildman–Crippen MR) is 73.2 cm³/mol. The van der Waals surface area contributed by atoms with Gasteiger partial charge in [0.05, 0.1) is 5.56 Å². The fraction of sp³-hybridized carbons (Fsp3) is 0.333. The molecule has 0 atom stereocenters. The van der Waals surface area contributed by atoms with Gasteiger partial charge >= 0.3 is 6.09 Å². The SMILES string of the molecule is CC#CC(=O)c1ccccc1OC(=O)N(CC)CC. The van der Waals surface area contributed by atoms with Gasteiger partial charge in [0, 0.05) is 13.1 Å². The smallest absolute Gasteiger partial charge is 0.409 e. The third-order valence-corrected chi connectivity index (χ3v) is 2.59. The lowest BCUT2D eigenvalue weighted by Crippen LogP contribution is -2.33. The Morgan fingerprint density at radius 3 is 2.42 bits per heavy atom. The number of nitrogens with zero attached hydrogens (tertiary/aromatic N) is 1. The van der Waals surface area contributed by atoms with Crippen molar-refractivity contribution >= 4 is 11.9 Å². The van der Waals surface area contributed by atoms with Crippen molar-refractivity contribution in [3.8, 4) is 17.6 Å². The molecule has 0 aliphatic heterocycles. The molecule has 0 bridgehead atoms. The Bertz CT molecular complexity index is 522. The van der Waals surface area contributed by atoms with E-state index in [0.717, 1.165) is 0 Å². The highest BCUT2D eigenvalue weighted by atomic mass is 16.6. The predicted octanol–water partition coefficient (Wildman–Crippen LogP) is 2.73. The minimum absolute atomic E-state index is 0.243. The number of hydrogen-bond acceptors (Lipinski definition) is 3. The van der Waals surface area contributed by atoms with Gasteiger partial charge in [0.2, 0.25) is 5.78 Å². The molecular formula is C15H17NO3. The average Bonchev–Trinajstić information content (AvgIpc) is 2.41. The van der Waals surface area contributed by atoms with Crippen LogP contribution in [-0.4, -0.2) is 29.9 Å². The highest BCUT2D eigenvalue weighted by Crippen LogP contribution is 2.19. The van der Waals surface area contributed by atoms with Crippen molar-refractivity contribution in [1.29, 1.82) is 0 Å². The van der Waals surface area contributed by atoms with E-state index < -0.39 is 6.09 Å². The Labute approximate surface area is 113 Å². The molecule has 0 saturated carbocycles. The Balaban J connectivity index is 2.97. The molecule has 0 unspecified atom stereocenters. The molecule has 1 rings (SSSR count). The van der Waals surface area contributed by atoms with Crippen molar-refractivity contribution in [2.45, 2.75) is 20.8 Å². The maximum atomic E-state index is 11.9. The normalized spacial score (nSPS) is 9.21. The number of carbonyl (C=O) groups excluding carboxylic acids is 2. The first-order chi connectivity index (χ1) is 9.13. The van der Waals surface area contributed by atoms with Gasteiger partial charge in [-0.1, -0.05) is 18.1 Å². The molecular weight excluding hydrogens is 242 g/mol. The summed E-state index contributed by atoms with van der Waals surface area (Å²) in [5.74, 6) is 4.87. The number of rotatable bonds is 4. The fourth-order valence-corrected chi connectivity index (χ4v) is 1.56. The first-order valence-electron chi connectivity index (χ1n) is 6.16. The summed E-state index contributed by atoms with van der Waals surface area (Å²) in [6.45, 7) is 6.43. The van der Waals surface area contributed by atoms with Crippen LogP contribution in [0.4, 0.5) is 4.79 Å². The van der Waals surface area contributed by atoms with Gasteiger partial charge < -0.3 is 9.64 Å². The van der Waals surface area contributed by atoms with Gasteiger partial charge in [-0.2, -0.15) is 0 Å². The monoisotopic (exact) mass is 259 g/mol. The Kier molecular flexibility index (Phi) is 5.62. The van der Waals surface area contributed by atoms with Gasteiger partial charge in [0.1, 0.15) is 5.75 Å². The quantitative estimate of drug-likeness (QED) is 0.474. The molecule has 1 amide bonds. The molecule has 1 aromatic carbocycles. The van der Waals surface area contributed by atoms with Crippen molar-refractivity contribution in [1.82, 2.24) is 4.90 Å². The topological polar surface area (TPSA) is 46.6 Å². The molecule has 0 heterocycles. The molecule has 0 radical (unpaired) electrons. The number of ether oxygens (including phenoxy) is 1. The van der Waals surface area contributed by atoms with Gasteiger partial charge in [-0.25, -0.2) is 4.79 Å². The Morgan fingerprint density at radius 1 is 1.21 bits per heavy atom. The lowest BCUT2D eigenvalue weighted by Gasteiger charge is -2.18. The number of hydrogen-bond donors (Lipinski definition) is 0. The summed E-state index contributed by atoms with van der Waals surface area (Å²) in [5.41, 5.74) is 0.303. The lowest BCUT2D eigenvalue weighted by atomic mass is 10.1. The molecule has 19 heavy (non-hydrogen) atoms. The summed E-state index contributed by atoms with van der Waals surface area (Å²) in [6.07, 6.45) is -0.463. The van der Waals surface area contributed by atoms with E-state index in [1.165, 1.54) is 4.90 Å². The second kappa shape index (κ2) is 7.22. The third-order valence-electron chi connectivity index (χ3n) is 2.59. The standard InChI is InChI=1S/C15H17NO3/c1-4-9-13(17)12-10-7-8-11-14(12)19-15(18)16(5-2)6-3/h7-8,10-11H,5-6H2,1-3H3.